The molecule has 1 N–H and O–H groups in total. The van der Waals surface area contributed by atoms with E-state index in [4.69, 9.17) is 9.84 Å². The van der Waals surface area contributed by atoms with Crippen molar-refractivity contribution in [2.75, 3.05) is 20.9 Å². The molecule has 0 aliphatic carbocycles. The number of hydrogen-bond acceptors (Lipinski definition) is 3. The standard InChI is InChI=1S/C12H19NO2/c1-4-10-5-6-12(15-3)11(7-10)8-13(2)9-14/h5-7,14H,4,8-9H2,1-3H3. The highest BCUT2D eigenvalue weighted by molar-refractivity contribution is 5.37. The van der Waals surface area contributed by atoms with E-state index in [-0.39, 0.29) is 6.73 Å². The van der Waals surface area contributed by atoms with Gasteiger partial charge >= 0.3 is 0 Å². The third-order valence-electron chi connectivity index (χ3n) is 2.43. The zero-order valence-electron chi connectivity index (χ0n) is 9.66. The maximum absolute atomic E-state index is 8.97. The molecule has 0 unspecified atom stereocenters. The van der Waals surface area contributed by atoms with Crippen molar-refractivity contribution in [3.05, 3.63) is 29.3 Å². The molecule has 1 rings (SSSR count). The lowest BCUT2D eigenvalue weighted by Crippen LogP contribution is -2.19. The molecule has 0 aliphatic heterocycles. The lowest BCUT2D eigenvalue weighted by Gasteiger charge is -2.16. The van der Waals surface area contributed by atoms with Gasteiger partial charge in [-0.2, -0.15) is 0 Å². The van der Waals surface area contributed by atoms with Gasteiger partial charge in [0.15, 0.2) is 0 Å². The molecule has 0 saturated heterocycles. The van der Waals surface area contributed by atoms with E-state index >= 15 is 0 Å². The third-order valence-corrected chi connectivity index (χ3v) is 2.43. The summed E-state index contributed by atoms with van der Waals surface area (Å²) < 4.78 is 5.28. The summed E-state index contributed by atoms with van der Waals surface area (Å²) in [6.07, 6.45) is 1.01. The Kier molecular flexibility index (Phi) is 4.59. The van der Waals surface area contributed by atoms with Crippen LogP contribution < -0.4 is 4.74 Å². The van der Waals surface area contributed by atoms with E-state index < -0.39 is 0 Å². The van der Waals surface area contributed by atoms with Crippen LogP contribution in [0.3, 0.4) is 0 Å². The first-order valence-corrected chi connectivity index (χ1v) is 5.16. The monoisotopic (exact) mass is 209 g/mol. The number of benzene rings is 1. The summed E-state index contributed by atoms with van der Waals surface area (Å²) in [6.45, 7) is 2.88. The van der Waals surface area contributed by atoms with Gasteiger partial charge in [0.25, 0.3) is 0 Å². The van der Waals surface area contributed by atoms with Crippen molar-refractivity contribution in [1.29, 1.82) is 0 Å². The van der Waals surface area contributed by atoms with Gasteiger partial charge in [-0.15, -0.1) is 0 Å². The first-order valence-electron chi connectivity index (χ1n) is 5.16. The van der Waals surface area contributed by atoms with Crippen molar-refractivity contribution in [2.24, 2.45) is 0 Å². The molecule has 0 radical (unpaired) electrons. The molecule has 15 heavy (non-hydrogen) atoms. The van der Waals surface area contributed by atoms with Crippen molar-refractivity contribution < 1.29 is 9.84 Å². The second kappa shape index (κ2) is 5.73. The van der Waals surface area contributed by atoms with E-state index in [1.165, 1.54) is 5.56 Å². The molecule has 0 amide bonds. The van der Waals surface area contributed by atoms with Gasteiger partial charge in [0, 0.05) is 12.1 Å². The fraction of sp³-hybridized carbons (Fsp3) is 0.500. The molecule has 84 valence electrons. The third kappa shape index (κ3) is 3.22. The maximum Gasteiger partial charge on any atom is 0.123 e. The van der Waals surface area contributed by atoms with Crippen LogP contribution in [0.2, 0.25) is 0 Å². The van der Waals surface area contributed by atoms with Crippen molar-refractivity contribution >= 4 is 0 Å². The molecule has 1 aromatic rings. The molecular formula is C12H19NO2. The minimum atomic E-state index is 0.0551. The highest BCUT2D eigenvalue weighted by Gasteiger charge is 2.06. The van der Waals surface area contributed by atoms with E-state index in [0.29, 0.717) is 6.54 Å². The molecule has 0 saturated carbocycles. The Morgan fingerprint density at radius 3 is 2.67 bits per heavy atom. The van der Waals surface area contributed by atoms with Crippen LogP contribution in [0.5, 0.6) is 5.75 Å². The Labute approximate surface area is 91.3 Å². The summed E-state index contributed by atoms with van der Waals surface area (Å²) in [5.74, 6) is 0.882. The van der Waals surface area contributed by atoms with Crippen molar-refractivity contribution in [3.63, 3.8) is 0 Å². The summed E-state index contributed by atoms with van der Waals surface area (Å²) in [5, 5.41) is 8.97. The Bertz CT molecular complexity index is 312. The predicted octanol–water partition coefficient (Wildman–Crippen LogP) is 1.64. The quantitative estimate of drug-likeness (QED) is 0.748. The fourth-order valence-electron chi connectivity index (χ4n) is 1.52. The van der Waals surface area contributed by atoms with Crippen LogP contribution in [0.4, 0.5) is 0 Å². The number of aryl methyl sites for hydroxylation is 1. The van der Waals surface area contributed by atoms with Gasteiger partial charge < -0.3 is 9.84 Å². The van der Waals surface area contributed by atoms with Gasteiger partial charge in [-0.05, 0) is 25.1 Å². The molecule has 1 aromatic carbocycles. The van der Waals surface area contributed by atoms with Gasteiger partial charge in [0.2, 0.25) is 0 Å². The van der Waals surface area contributed by atoms with Gasteiger partial charge in [-0.3, -0.25) is 4.90 Å². The second-order valence-electron chi connectivity index (χ2n) is 3.66. The summed E-state index contributed by atoms with van der Waals surface area (Å²) in [7, 11) is 3.54. The first-order chi connectivity index (χ1) is 7.21. The molecule has 3 nitrogen and oxygen atoms in total. The zero-order chi connectivity index (χ0) is 11.3. The highest BCUT2D eigenvalue weighted by Crippen LogP contribution is 2.21. The summed E-state index contributed by atoms with van der Waals surface area (Å²) >= 11 is 0. The van der Waals surface area contributed by atoms with E-state index in [0.717, 1.165) is 17.7 Å². The summed E-state index contributed by atoms with van der Waals surface area (Å²) in [4.78, 5) is 1.83. The minimum Gasteiger partial charge on any atom is -0.496 e. The number of methoxy groups -OCH3 is 1. The van der Waals surface area contributed by atoms with Crippen LogP contribution in [-0.2, 0) is 13.0 Å². The number of ether oxygens (including phenoxy) is 1. The van der Waals surface area contributed by atoms with Crippen molar-refractivity contribution in [3.8, 4) is 5.75 Å². The number of hydrogen-bond donors (Lipinski definition) is 1. The molecular weight excluding hydrogens is 190 g/mol. The van der Waals surface area contributed by atoms with E-state index in [1.807, 2.05) is 18.0 Å². The number of aliphatic hydroxyl groups is 1. The molecule has 0 fully saturated rings. The Hall–Kier alpha value is -1.06. The average Bonchev–Trinajstić information content (AvgIpc) is 2.28. The lowest BCUT2D eigenvalue weighted by molar-refractivity contribution is 0.126. The largest absolute Gasteiger partial charge is 0.496 e. The van der Waals surface area contributed by atoms with Crippen LogP contribution in [0, 0.1) is 0 Å². The van der Waals surface area contributed by atoms with Gasteiger partial charge in [0.1, 0.15) is 5.75 Å². The molecule has 0 spiro atoms. The van der Waals surface area contributed by atoms with Crippen molar-refractivity contribution in [1.82, 2.24) is 4.90 Å². The minimum absolute atomic E-state index is 0.0551. The molecule has 3 heteroatoms. The zero-order valence-corrected chi connectivity index (χ0v) is 9.66. The maximum atomic E-state index is 8.97. The Balaban J connectivity index is 2.90. The van der Waals surface area contributed by atoms with Crippen LogP contribution in [0.1, 0.15) is 18.1 Å². The molecule has 0 atom stereocenters. The molecule has 0 bridgehead atoms. The number of aliphatic hydroxyl groups excluding tert-OH is 1. The average molecular weight is 209 g/mol. The van der Waals surface area contributed by atoms with Gasteiger partial charge in [-0.1, -0.05) is 19.1 Å². The van der Waals surface area contributed by atoms with Crippen molar-refractivity contribution in [2.45, 2.75) is 19.9 Å². The van der Waals surface area contributed by atoms with E-state index in [9.17, 15) is 0 Å². The topological polar surface area (TPSA) is 32.7 Å². The highest BCUT2D eigenvalue weighted by atomic mass is 16.5. The summed E-state index contributed by atoms with van der Waals surface area (Å²) in [5.41, 5.74) is 2.41. The lowest BCUT2D eigenvalue weighted by atomic mass is 10.1. The SMILES string of the molecule is CCc1ccc(OC)c(CN(C)CO)c1. The number of rotatable bonds is 5. The van der Waals surface area contributed by atoms with Crippen LogP contribution in [0.15, 0.2) is 18.2 Å². The first kappa shape index (κ1) is 12.0. The Morgan fingerprint density at radius 1 is 1.40 bits per heavy atom. The van der Waals surface area contributed by atoms with Gasteiger partial charge in [0.05, 0.1) is 13.8 Å². The van der Waals surface area contributed by atoms with E-state index in [1.54, 1.807) is 7.11 Å². The second-order valence-corrected chi connectivity index (χ2v) is 3.66. The normalized spacial score (nSPS) is 10.7. The molecule has 0 aliphatic rings. The van der Waals surface area contributed by atoms with E-state index in [2.05, 4.69) is 19.1 Å². The van der Waals surface area contributed by atoms with Crippen LogP contribution >= 0.6 is 0 Å². The van der Waals surface area contributed by atoms with Crippen LogP contribution in [-0.4, -0.2) is 30.9 Å². The molecule has 0 aromatic heterocycles. The predicted molar refractivity (Wildman–Crippen MR) is 60.9 cm³/mol. The molecule has 0 heterocycles. The number of nitrogens with zero attached hydrogens (tertiary/aromatic N) is 1. The van der Waals surface area contributed by atoms with Crippen LogP contribution in [0.25, 0.3) is 0 Å². The smallest absolute Gasteiger partial charge is 0.123 e. The van der Waals surface area contributed by atoms with Gasteiger partial charge in [-0.25, -0.2) is 0 Å². The summed E-state index contributed by atoms with van der Waals surface area (Å²) in [6, 6.07) is 6.19. The Morgan fingerprint density at radius 2 is 2.13 bits per heavy atom. The fourth-order valence-corrected chi connectivity index (χ4v) is 1.52.